The summed E-state index contributed by atoms with van der Waals surface area (Å²) in [7, 11) is 0. The molecule has 0 spiro atoms. The molecule has 210 valence electrons. The van der Waals surface area contributed by atoms with Crippen LogP contribution in [0.2, 0.25) is 0 Å². The number of nitrogen functional groups attached to an aromatic ring is 1. The lowest BCUT2D eigenvalue weighted by molar-refractivity contribution is -0.112. The minimum Gasteiger partial charge on any atom is -0.491 e. The van der Waals surface area contributed by atoms with Crippen LogP contribution in [0.5, 0.6) is 11.5 Å². The molecule has 0 aliphatic rings. The lowest BCUT2D eigenvalue weighted by atomic mass is 10.0. The molecule has 0 heterocycles. The number of nitrogens with one attached hydrogen (secondary N) is 2. The van der Waals surface area contributed by atoms with Crippen molar-refractivity contribution in [1.82, 2.24) is 0 Å². The van der Waals surface area contributed by atoms with Gasteiger partial charge in [0.05, 0.1) is 18.0 Å². The number of aliphatic hydroxyl groups is 1. The van der Waals surface area contributed by atoms with Crippen LogP contribution in [0, 0.1) is 0 Å². The first-order valence-corrected chi connectivity index (χ1v) is 12.9. The molecule has 9 nitrogen and oxygen atoms in total. The molecule has 0 bridgehead atoms. The molecule has 4 aromatic rings. The number of carbonyl (C=O) groups excluding carboxylic acids is 2. The second kappa shape index (κ2) is 14.8. The number of anilines is 3. The third kappa shape index (κ3) is 8.87. The van der Waals surface area contributed by atoms with Crippen molar-refractivity contribution in [3.8, 4) is 11.5 Å². The summed E-state index contributed by atoms with van der Waals surface area (Å²) < 4.78 is 17.8. The number of rotatable bonds is 12. The third-order valence-electron chi connectivity index (χ3n) is 5.77. The van der Waals surface area contributed by atoms with Crippen molar-refractivity contribution in [3.63, 3.8) is 0 Å². The fourth-order valence-corrected chi connectivity index (χ4v) is 3.88. The van der Waals surface area contributed by atoms with Gasteiger partial charge in [-0.15, -0.1) is 0 Å². The largest absolute Gasteiger partial charge is 0.491 e. The van der Waals surface area contributed by atoms with E-state index in [4.69, 9.17) is 19.9 Å². The zero-order valence-corrected chi connectivity index (χ0v) is 22.2. The molecule has 4 aromatic carbocycles. The van der Waals surface area contributed by atoms with Gasteiger partial charge in [-0.25, -0.2) is 4.79 Å². The molecule has 0 saturated heterocycles. The van der Waals surface area contributed by atoms with E-state index in [1.54, 1.807) is 84.9 Å². The summed E-state index contributed by atoms with van der Waals surface area (Å²) in [5.74, 6) is 0.519. The van der Waals surface area contributed by atoms with Crippen molar-refractivity contribution >= 4 is 29.1 Å². The average molecular weight is 554 g/mol. The van der Waals surface area contributed by atoms with Crippen LogP contribution in [0.4, 0.5) is 21.9 Å². The lowest BCUT2D eigenvalue weighted by Gasteiger charge is -2.26. The van der Waals surface area contributed by atoms with Crippen molar-refractivity contribution in [2.75, 3.05) is 29.6 Å². The second-order valence-electron chi connectivity index (χ2n) is 8.79. The number of nitrogens with two attached hydrogens (primary N) is 1. The molecule has 9 heteroatoms. The van der Waals surface area contributed by atoms with Crippen LogP contribution < -0.4 is 25.8 Å². The van der Waals surface area contributed by atoms with E-state index < -0.39 is 24.2 Å². The highest BCUT2D eigenvalue weighted by Gasteiger charge is 2.28. The summed E-state index contributed by atoms with van der Waals surface area (Å²) in [5.41, 5.74) is 7.94. The normalized spacial score (nSPS) is 12.2. The Morgan fingerprint density at radius 2 is 1.51 bits per heavy atom. The topological polar surface area (TPSA) is 132 Å². The van der Waals surface area contributed by atoms with Crippen LogP contribution in [0.15, 0.2) is 121 Å². The van der Waals surface area contributed by atoms with Gasteiger partial charge >= 0.3 is 6.09 Å². The van der Waals surface area contributed by atoms with Crippen LogP contribution in [0.1, 0.15) is 11.7 Å². The predicted molar refractivity (Wildman–Crippen MR) is 158 cm³/mol. The van der Waals surface area contributed by atoms with E-state index in [-0.39, 0.29) is 13.2 Å². The summed E-state index contributed by atoms with van der Waals surface area (Å²) in [4.78, 5) is 25.9. The van der Waals surface area contributed by atoms with Gasteiger partial charge in [0.1, 0.15) is 18.1 Å². The highest BCUT2D eigenvalue weighted by Crippen LogP contribution is 2.30. The summed E-state index contributed by atoms with van der Waals surface area (Å²) in [5, 5.41) is 14.6. The molecule has 4 rings (SSSR count). The first-order valence-electron chi connectivity index (χ1n) is 12.9. The van der Waals surface area contributed by atoms with E-state index in [1.165, 1.54) is 12.2 Å². The number of hydrogen-bond donors (Lipinski definition) is 4. The van der Waals surface area contributed by atoms with Crippen LogP contribution in [-0.2, 0) is 9.53 Å². The summed E-state index contributed by atoms with van der Waals surface area (Å²) >= 11 is 0. The summed E-state index contributed by atoms with van der Waals surface area (Å²) in [6.07, 6.45) is 0.147. The van der Waals surface area contributed by atoms with Gasteiger partial charge in [0.2, 0.25) is 5.91 Å². The van der Waals surface area contributed by atoms with Crippen molar-refractivity contribution in [2.45, 2.75) is 12.2 Å². The van der Waals surface area contributed by atoms with Crippen molar-refractivity contribution in [1.29, 1.82) is 0 Å². The molecule has 5 N–H and O–H groups in total. The second-order valence-corrected chi connectivity index (χ2v) is 8.79. The highest BCUT2D eigenvalue weighted by molar-refractivity contribution is 6.01. The zero-order chi connectivity index (χ0) is 28.9. The molecule has 0 unspecified atom stereocenters. The number of carbonyl (C=O) groups is 2. The van der Waals surface area contributed by atoms with Crippen LogP contribution >= 0.6 is 0 Å². The SMILES string of the molecule is Nc1ccccc1NC(=O)/C=C/[C@H](Oc1ccccc1)[C@@H](OC(=O)Nc1ccccc1)c1cccc(OCCO)c1. The van der Waals surface area contributed by atoms with Gasteiger partial charge in [0.15, 0.2) is 12.2 Å². The third-order valence-corrected chi connectivity index (χ3v) is 5.77. The number of benzene rings is 4. The van der Waals surface area contributed by atoms with Gasteiger partial charge in [0.25, 0.3) is 0 Å². The Bertz CT molecular complexity index is 1450. The first kappa shape index (κ1) is 28.7. The Morgan fingerprint density at radius 1 is 0.829 bits per heavy atom. The monoisotopic (exact) mass is 553 g/mol. The van der Waals surface area contributed by atoms with Crippen molar-refractivity contribution in [2.24, 2.45) is 0 Å². The molecule has 0 aliphatic carbocycles. The molecule has 2 amide bonds. The molecule has 0 radical (unpaired) electrons. The van der Waals surface area contributed by atoms with Crippen molar-refractivity contribution < 1.29 is 28.9 Å². The standard InChI is InChI=1S/C32H31N3O6/c33-27-16-7-8-17-28(27)35-30(37)19-18-29(40-25-13-5-2-6-14-25)31(23-10-9-15-26(22-23)39-21-20-36)41-32(38)34-24-11-3-1-4-12-24/h1-19,22,29,31,36H,20-21,33H2,(H,34,38)(H,35,37)/b19-18+/t29-,31-/m0/s1. The quantitative estimate of drug-likeness (QED) is 0.133. The molecule has 2 atom stereocenters. The lowest BCUT2D eigenvalue weighted by Crippen LogP contribution is -2.30. The van der Waals surface area contributed by atoms with E-state index in [1.807, 2.05) is 24.3 Å². The number of aliphatic hydroxyl groups excluding tert-OH is 1. The smallest absolute Gasteiger partial charge is 0.412 e. The molecule has 41 heavy (non-hydrogen) atoms. The molecule has 0 fully saturated rings. The Morgan fingerprint density at radius 3 is 2.24 bits per heavy atom. The van der Waals surface area contributed by atoms with Gasteiger partial charge in [-0.05, 0) is 54.6 Å². The maximum Gasteiger partial charge on any atom is 0.412 e. The Hall–Kier alpha value is -5.28. The van der Waals surface area contributed by atoms with Crippen LogP contribution in [0.25, 0.3) is 0 Å². The minimum absolute atomic E-state index is 0.0934. The fourth-order valence-electron chi connectivity index (χ4n) is 3.88. The number of amides is 2. The Labute approximate surface area is 238 Å². The molecule has 0 aliphatic heterocycles. The molecular formula is C32H31N3O6. The Balaban J connectivity index is 1.66. The predicted octanol–water partition coefficient (Wildman–Crippen LogP) is 5.57. The molecular weight excluding hydrogens is 522 g/mol. The average Bonchev–Trinajstić information content (AvgIpc) is 2.99. The first-order chi connectivity index (χ1) is 20.0. The molecule has 0 aromatic heterocycles. The fraction of sp³-hybridized carbons (Fsp3) is 0.125. The van der Waals surface area contributed by atoms with Crippen molar-refractivity contribution in [3.05, 3.63) is 127 Å². The van der Waals surface area contributed by atoms with Gasteiger partial charge in [-0.2, -0.15) is 0 Å². The number of para-hydroxylation sites is 4. The van der Waals surface area contributed by atoms with Gasteiger partial charge < -0.3 is 30.4 Å². The van der Waals surface area contributed by atoms with Gasteiger partial charge in [0, 0.05) is 17.3 Å². The van der Waals surface area contributed by atoms with Gasteiger partial charge in [-0.1, -0.05) is 60.7 Å². The molecule has 0 saturated carbocycles. The maximum atomic E-state index is 13.1. The van der Waals surface area contributed by atoms with E-state index in [2.05, 4.69) is 10.6 Å². The maximum absolute atomic E-state index is 13.1. The van der Waals surface area contributed by atoms with Gasteiger partial charge in [-0.3, -0.25) is 10.1 Å². The number of ether oxygens (including phenoxy) is 3. The van der Waals surface area contributed by atoms with Crippen LogP contribution in [-0.4, -0.2) is 36.4 Å². The summed E-state index contributed by atoms with van der Waals surface area (Å²) in [6.45, 7) is -0.0662. The van der Waals surface area contributed by atoms with E-state index in [0.717, 1.165) is 0 Å². The van der Waals surface area contributed by atoms with Crippen LogP contribution in [0.3, 0.4) is 0 Å². The zero-order valence-electron chi connectivity index (χ0n) is 22.2. The summed E-state index contributed by atoms with van der Waals surface area (Å²) in [6, 6.07) is 31.7. The van der Waals surface area contributed by atoms with E-state index in [9.17, 15) is 14.7 Å². The Kier molecular flexibility index (Phi) is 10.3. The van der Waals surface area contributed by atoms with E-state index >= 15 is 0 Å². The number of hydrogen-bond acceptors (Lipinski definition) is 7. The minimum atomic E-state index is -1.01. The van der Waals surface area contributed by atoms with E-state index in [0.29, 0.717) is 34.1 Å². The highest BCUT2D eigenvalue weighted by atomic mass is 16.6.